The maximum Gasteiger partial charge on any atom is 0.132 e. The number of anilines is 2. The van der Waals surface area contributed by atoms with Crippen LogP contribution in [0.5, 0.6) is 0 Å². The third-order valence-corrected chi connectivity index (χ3v) is 4.17. The minimum Gasteiger partial charge on any atom is -0.370 e. The quantitative estimate of drug-likeness (QED) is 0.747. The summed E-state index contributed by atoms with van der Waals surface area (Å²) in [5.41, 5.74) is 0. The third kappa shape index (κ3) is 4.70. The van der Waals surface area contributed by atoms with Gasteiger partial charge >= 0.3 is 0 Å². The Hall–Kier alpha value is -1.62. The molecule has 0 bridgehead atoms. The van der Waals surface area contributed by atoms with Crippen molar-refractivity contribution < 1.29 is 0 Å². The summed E-state index contributed by atoms with van der Waals surface area (Å²) in [5, 5.41) is 9.01. The first-order valence-corrected chi connectivity index (χ1v) is 8.50. The van der Waals surface area contributed by atoms with E-state index in [1.54, 1.807) is 11.3 Å². The molecule has 0 aliphatic carbocycles. The highest BCUT2D eigenvalue weighted by atomic mass is 32.1. The van der Waals surface area contributed by atoms with Gasteiger partial charge in [0.2, 0.25) is 0 Å². The van der Waals surface area contributed by atoms with Gasteiger partial charge in [-0.2, -0.15) is 0 Å². The molecule has 2 rings (SSSR count). The highest BCUT2D eigenvalue weighted by Crippen LogP contribution is 2.27. The summed E-state index contributed by atoms with van der Waals surface area (Å²) in [5.74, 6) is 2.58. The number of hydrogen-bond acceptors (Lipinski definition) is 5. The van der Waals surface area contributed by atoms with E-state index in [0.717, 1.165) is 43.3 Å². The Morgan fingerprint density at radius 1 is 1.19 bits per heavy atom. The van der Waals surface area contributed by atoms with Crippen molar-refractivity contribution in [2.45, 2.75) is 46.1 Å². The van der Waals surface area contributed by atoms with E-state index < -0.39 is 0 Å². The molecule has 0 aromatic carbocycles. The molecule has 0 radical (unpaired) electrons. The van der Waals surface area contributed by atoms with E-state index in [0.29, 0.717) is 6.04 Å². The smallest absolute Gasteiger partial charge is 0.132 e. The first kappa shape index (κ1) is 15.8. The molecule has 114 valence electrons. The van der Waals surface area contributed by atoms with Crippen molar-refractivity contribution in [3.8, 4) is 0 Å². The minimum absolute atomic E-state index is 0.323. The summed E-state index contributed by atoms with van der Waals surface area (Å²) >= 11 is 1.79. The monoisotopic (exact) mass is 304 g/mol. The van der Waals surface area contributed by atoms with Gasteiger partial charge in [-0.05, 0) is 31.2 Å². The van der Waals surface area contributed by atoms with E-state index in [4.69, 9.17) is 0 Å². The Kier molecular flexibility index (Phi) is 5.99. The number of nitrogens with zero attached hydrogens (tertiary/aromatic N) is 2. The topological polar surface area (TPSA) is 49.8 Å². The average Bonchev–Trinajstić information content (AvgIpc) is 2.98. The first-order valence-electron chi connectivity index (χ1n) is 7.62. The van der Waals surface area contributed by atoms with Crippen molar-refractivity contribution in [2.24, 2.45) is 0 Å². The van der Waals surface area contributed by atoms with Gasteiger partial charge < -0.3 is 10.6 Å². The van der Waals surface area contributed by atoms with Crippen molar-refractivity contribution in [3.63, 3.8) is 0 Å². The van der Waals surface area contributed by atoms with Crippen LogP contribution in [0.2, 0.25) is 0 Å². The fraction of sp³-hybridized carbons (Fsp3) is 0.500. The Bertz CT molecular complexity index is 539. The lowest BCUT2D eigenvalue weighted by molar-refractivity contribution is 0.683. The van der Waals surface area contributed by atoms with Crippen LogP contribution in [0.3, 0.4) is 0 Å². The highest BCUT2D eigenvalue weighted by Gasteiger charge is 2.13. The van der Waals surface area contributed by atoms with E-state index in [1.165, 1.54) is 4.88 Å². The Labute approximate surface area is 131 Å². The molecule has 5 heteroatoms. The molecule has 4 nitrogen and oxygen atoms in total. The molecule has 0 amide bonds. The molecular weight excluding hydrogens is 280 g/mol. The van der Waals surface area contributed by atoms with Gasteiger partial charge in [-0.3, -0.25) is 0 Å². The van der Waals surface area contributed by atoms with Crippen LogP contribution in [0.25, 0.3) is 0 Å². The van der Waals surface area contributed by atoms with Crippen LogP contribution in [0.15, 0.2) is 23.6 Å². The summed E-state index contributed by atoms with van der Waals surface area (Å²) < 4.78 is 0. The predicted molar refractivity (Wildman–Crippen MR) is 91.1 cm³/mol. The summed E-state index contributed by atoms with van der Waals surface area (Å²) in [6.45, 7) is 7.22. The SMILES string of the molecule is CCCNc1cc(NC(CCC)c2cccs2)nc(C)n1. The average molecular weight is 304 g/mol. The predicted octanol–water partition coefficient (Wildman–Crippen LogP) is 4.62. The molecule has 1 atom stereocenters. The Balaban J connectivity index is 2.14. The van der Waals surface area contributed by atoms with E-state index in [2.05, 4.69) is 52.0 Å². The maximum atomic E-state index is 4.52. The second-order valence-corrected chi connectivity index (χ2v) is 6.09. The number of rotatable bonds is 8. The molecule has 0 aliphatic heterocycles. The molecule has 21 heavy (non-hydrogen) atoms. The van der Waals surface area contributed by atoms with Gasteiger partial charge in [0, 0.05) is 17.5 Å². The Morgan fingerprint density at radius 3 is 2.67 bits per heavy atom. The van der Waals surface area contributed by atoms with Crippen molar-refractivity contribution >= 4 is 23.0 Å². The van der Waals surface area contributed by atoms with Crippen LogP contribution >= 0.6 is 11.3 Å². The van der Waals surface area contributed by atoms with Crippen molar-refractivity contribution in [1.29, 1.82) is 0 Å². The Morgan fingerprint density at radius 2 is 2.00 bits per heavy atom. The van der Waals surface area contributed by atoms with E-state index in [9.17, 15) is 0 Å². The van der Waals surface area contributed by atoms with Gasteiger partial charge in [0.15, 0.2) is 0 Å². The summed E-state index contributed by atoms with van der Waals surface area (Å²) in [7, 11) is 0. The molecule has 0 saturated carbocycles. The third-order valence-electron chi connectivity index (χ3n) is 3.18. The van der Waals surface area contributed by atoms with Gasteiger partial charge in [-0.25, -0.2) is 9.97 Å². The van der Waals surface area contributed by atoms with Crippen molar-refractivity contribution in [1.82, 2.24) is 9.97 Å². The zero-order valence-electron chi connectivity index (χ0n) is 13.0. The molecule has 2 aromatic heterocycles. The second kappa shape index (κ2) is 7.98. The van der Waals surface area contributed by atoms with Crippen molar-refractivity contribution in [2.75, 3.05) is 17.2 Å². The zero-order chi connectivity index (χ0) is 15.1. The van der Waals surface area contributed by atoms with Gasteiger partial charge in [-0.15, -0.1) is 11.3 Å². The highest BCUT2D eigenvalue weighted by molar-refractivity contribution is 7.10. The minimum atomic E-state index is 0.323. The summed E-state index contributed by atoms with van der Waals surface area (Å²) in [6.07, 6.45) is 3.32. The van der Waals surface area contributed by atoms with Crippen LogP contribution in [0.4, 0.5) is 11.6 Å². The number of aryl methyl sites for hydroxylation is 1. The molecule has 0 saturated heterocycles. The largest absolute Gasteiger partial charge is 0.370 e. The van der Waals surface area contributed by atoms with Crippen LogP contribution in [0, 0.1) is 6.92 Å². The number of aromatic nitrogens is 2. The van der Waals surface area contributed by atoms with Crippen LogP contribution in [0.1, 0.15) is 49.9 Å². The summed E-state index contributed by atoms with van der Waals surface area (Å²) in [4.78, 5) is 10.3. The van der Waals surface area contributed by atoms with Crippen molar-refractivity contribution in [3.05, 3.63) is 34.3 Å². The van der Waals surface area contributed by atoms with E-state index in [1.807, 2.05) is 13.0 Å². The molecule has 2 N–H and O–H groups in total. The first-order chi connectivity index (χ1) is 10.2. The lowest BCUT2D eigenvalue weighted by Crippen LogP contribution is -2.12. The fourth-order valence-electron chi connectivity index (χ4n) is 2.23. The van der Waals surface area contributed by atoms with Crippen LogP contribution in [-0.2, 0) is 0 Å². The standard InChI is InChI=1S/C16H24N4S/c1-4-7-13(14-8-6-10-21-14)20-16-11-15(17-9-5-2)18-12(3)19-16/h6,8,10-11,13H,4-5,7,9H2,1-3H3,(H2,17,18,19,20). The maximum absolute atomic E-state index is 4.52. The lowest BCUT2D eigenvalue weighted by Gasteiger charge is -2.18. The molecule has 0 spiro atoms. The fourth-order valence-corrected chi connectivity index (χ4v) is 3.04. The molecule has 1 unspecified atom stereocenters. The van der Waals surface area contributed by atoms with E-state index >= 15 is 0 Å². The van der Waals surface area contributed by atoms with Gasteiger partial charge in [0.05, 0.1) is 6.04 Å². The van der Waals surface area contributed by atoms with Gasteiger partial charge in [0.1, 0.15) is 17.5 Å². The lowest BCUT2D eigenvalue weighted by atomic mass is 10.1. The zero-order valence-corrected chi connectivity index (χ0v) is 13.8. The molecule has 2 aromatic rings. The van der Waals surface area contributed by atoms with E-state index in [-0.39, 0.29) is 0 Å². The molecule has 0 fully saturated rings. The molecule has 2 heterocycles. The number of nitrogens with one attached hydrogen (secondary N) is 2. The second-order valence-electron chi connectivity index (χ2n) is 5.11. The molecular formula is C16H24N4S. The molecule has 0 aliphatic rings. The normalized spacial score (nSPS) is 12.1. The van der Waals surface area contributed by atoms with Gasteiger partial charge in [0.25, 0.3) is 0 Å². The summed E-state index contributed by atoms with van der Waals surface area (Å²) in [6, 6.07) is 6.61. The van der Waals surface area contributed by atoms with Crippen LogP contribution < -0.4 is 10.6 Å². The van der Waals surface area contributed by atoms with Gasteiger partial charge in [-0.1, -0.05) is 26.3 Å². The number of thiophene rings is 1. The number of hydrogen-bond donors (Lipinski definition) is 2. The van der Waals surface area contributed by atoms with Crippen LogP contribution in [-0.4, -0.2) is 16.5 Å².